The van der Waals surface area contributed by atoms with Crippen LogP contribution in [0, 0.1) is 0 Å². The van der Waals surface area contributed by atoms with Crippen molar-refractivity contribution < 1.29 is 18.0 Å². The fourth-order valence-electron chi connectivity index (χ4n) is 5.32. The van der Waals surface area contributed by atoms with Gasteiger partial charge in [-0.3, -0.25) is 14.5 Å². The van der Waals surface area contributed by atoms with Gasteiger partial charge in [-0.2, -0.15) is 9.52 Å². The van der Waals surface area contributed by atoms with Crippen molar-refractivity contribution in [3.63, 3.8) is 0 Å². The van der Waals surface area contributed by atoms with Crippen LogP contribution in [0.5, 0.6) is 0 Å². The number of piperazine rings is 1. The second-order valence-electron chi connectivity index (χ2n) is 10.4. The second kappa shape index (κ2) is 11.3. The summed E-state index contributed by atoms with van der Waals surface area (Å²) < 4.78 is 28.7. The molecule has 3 N–H and O–H groups in total. The second-order valence-corrected chi connectivity index (χ2v) is 13.8. The number of hydrogen-bond acceptors (Lipinski definition) is 10. The van der Waals surface area contributed by atoms with Crippen molar-refractivity contribution in [2.75, 3.05) is 33.2 Å². The van der Waals surface area contributed by atoms with Gasteiger partial charge in [-0.1, -0.05) is 16.8 Å². The zero-order valence-corrected chi connectivity index (χ0v) is 25.3. The van der Waals surface area contributed by atoms with Gasteiger partial charge in [0, 0.05) is 65.9 Å². The standard InChI is InChI=1S/C25H29ClN10O4S2/c1-14-23-19(5-6-34(14)2)29-24(41-23)25(38)36-8-7-35(13-17(36)11-21(37)27-12-20-30-32-33-31-20)42(39,40)22-10-15-9-16(26)3-4-18(15)28-22/h3-4,9-10,14,17,28H,5-8,11-13H2,1-2H3,(H,27,37)(H,30,31,32,33). The predicted molar refractivity (Wildman–Crippen MR) is 154 cm³/mol. The number of aromatic amines is 2. The molecule has 3 aromatic heterocycles. The van der Waals surface area contributed by atoms with Gasteiger partial charge in [-0.05, 0) is 38.2 Å². The lowest BCUT2D eigenvalue weighted by Gasteiger charge is -2.40. The first kappa shape index (κ1) is 28.7. The number of thiazole rings is 1. The molecule has 4 aromatic rings. The summed E-state index contributed by atoms with van der Waals surface area (Å²) in [4.78, 5) is 39.3. The van der Waals surface area contributed by atoms with Crippen LogP contribution in [0.25, 0.3) is 10.9 Å². The number of carbonyl (C=O) groups excluding carboxylic acids is 2. The first-order chi connectivity index (χ1) is 20.1. The van der Waals surface area contributed by atoms with E-state index in [-0.39, 0.29) is 55.5 Å². The van der Waals surface area contributed by atoms with E-state index in [0.29, 0.717) is 26.8 Å². The normalized spacial score (nSPS) is 20.1. The van der Waals surface area contributed by atoms with Crippen molar-refractivity contribution in [2.24, 2.45) is 0 Å². The van der Waals surface area contributed by atoms with E-state index in [1.54, 1.807) is 29.2 Å². The maximum Gasteiger partial charge on any atom is 0.283 e. The van der Waals surface area contributed by atoms with E-state index in [2.05, 4.69) is 47.7 Å². The Hall–Kier alpha value is -3.44. The number of rotatable bonds is 7. The summed E-state index contributed by atoms with van der Waals surface area (Å²) in [6.45, 7) is 3.08. The van der Waals surface area contributed by atoms with Gasteiger partial charge in [-0.25, -0.2) is 13.4 Å². The number of hydrogen-bond donors (Lipinski definition) is 3. The summed E-state index contributed by atoms with van der Waals surface area (Å²) in [5.74, 6) is -0.385. The third-order valence-electron chi connectivity index (χ3n) is 7.79. The van der Waals surface area contributed by atoms with E-state index in [4.69, 9.17) is 11.6 Å². The molecule has 6 rings (SSSR count). The molecule has 2 aliphatic rings. The molecule has 0 aliphatic carbocycles. The van der Waals surface area contributed by atoms with Crippen LogP contribution in [-0.4, -0.2) is 104 Å². The SMILES string of the molecule is CC1c2sc(C(=O)N3CCN(S(=O)(=O)c4cc5cc(Cl)ccc5[nH]4)CC3CC(=O)NCc3nn[nH]n3)nc2CCN1C. The third-order valence-corrected chi connectivity index (χ3v) is 11.1. The molecule has 0 radical (unpaired) electrons. The summed E-state index contributed by atoms with van der Waals surface area (Å²) in [5.41, 5.74) is 1.56. The van der Waals surface area contributed by atoms with Crippen LogP contribution < -0.4 is 5.32 Å². The van der Waals surface area contributed by atoms with E-state index in [1.807, 2.05) is 7.05 Å². The van der Waals surface area contributed by atoms with Crippen LogP contribution in [-0.2, 0) is 27.8 Å². The highest BCUT2D eigenvalue weighted by Gasteiger charge is 2.39. The number of halogens is 1. The molecule has 222 valence electrons. The number of tetrazole rings is 1. The van der Waals surface area contributed by atoms with Gasteiger partial charge in [0.2, 0.25) is 5.91 Å². The highest BCUT2D eigenvalue weighted by Crippen LogP contribution is 2.34. The van der Waals surface area contributed by atoms with Gasteiger partial charge in [0.1, 0.15) is 5.03 Å². The Morgan fingerprint density at radius 2 is 2.05 bits per heavy atom. The highest BCUT2D eigenvalue weighted by atomic mass is 35.5. The van der Waals surface area contributed by atoms with Crippen LogP contribution in [0.3, 0.4) is 0 Å². The van der Waals surface area contributed by atoms with Gasteiger partial charge in [0.25, 0.3) is 15.9 Å². The molecule has 0 spiro atoms. The summed E-state index contributed by atoms with van der Waals surface area (Å²) in [6.07, 6.45) is 0.631. The number of nitrogens with zero attached hydrogens (tertiary/aromatic N) is 7. The average molecular weight is 633 g/mol. The fraction of sp³-hybridized carbons (Fsp3) is 0.440. The van der Waals surface area contributed by atoms with Crippen LogP contribution in [0.1, 0.15) is 45.6 Å². The lowest BCUT2D eigenvalue weighted by Crippen LogP contribution is -2.57. The van der Waals surface area contributed by atoms with Crippen molar-refractivity contribution in [3.8, 4) is 0 Å². The third kappa shape index (κ3) is 5.51. The summed E-state index contributed by atoms with van der Waals surface area (Å²) >= 11 is 7.46. The van der Waals surface area contributed by atoms with Crippen molar-refractivity contribution in [2.45, 2.75) is 43.4 Å². The first-order valence-electron chi connectivity index (χ1n) is 13.4. The Bertz CT molecular complexity index is 1740. The number of nitrogens with one attached hydrogen (secondary N) is 3. The number of aromatic nitrogens is 6. The van der Waals surface area contributed by atoms with Gasteiger partial charge in [0.05, 0.1) is 18.3 Å². The zero-order chi connectivity index (χ0) is 29.6. The number of H-pyrrole nitrogens is 2. The number of fused-ring (bicyclic) bond motifs is 2. The monoisotopic (exact) mass is 632 g/mol. The highest BCUT2D eigenvalue weighted by molar-refractivity contribution is 7.89. The molecule has 42 heavy (non-hydrogen) atoms. The summed E-state index contributed by atoms with van der Waals surface area (Å²) in [5, 5.41) is 17.7. The summed E-state index contributed by atoms with van der Waals surface area (Å²) in [6, 6.07) is 6.04. The Morgan fingerprint density at radius 1 is 1.21 bits per heavy atom. The molecular formula is C25H29ClN10O4S2. The van der Waals surface area contributed by atoms with Crippen LogP contribution in [0.15, 0.2) is 29.3 Å². The van der Waals surface area contributed by atoms with E-state index in [9.17, 15) is 18.0 Å². The van der Waals surface area contributed by atoms with E-state index >= 15 is 0 Å². The Labute approximate surface area is 250 Å². The number of carbonyl (C=O) groups is 2. The topological polar surface area (TPSA) is 173 Å². The molecule has 2 atom stereocenters. The quantitative estimate of drug-likeness (QED) is 0.273. The Balaban J connectivity index is 1.25. The molecule has 14 nitrogen and oxygen atoms in total. The number of sulfonamides is 1. The smallest absolute Gasteiger partial charge is 0.283 e. The van der Waals surface area contributed by atoms with Crippen molar-refractivity contribution >= 4 is 55.7 Å². The maximum atomic E-state index is 13.8. The first-order valence-corrected chi connectivity index (χ1v) is 16.0. The van der Waals surface area contributed by atoms with Crippen LogP contribution in [0.4, 0.5) is 0 Å². The number of likely N-dealkylation sites (N-methyl/N-ethyl adjacent to an activating group) is 1. The Kier molecular flexibility index (Phi) is 7.74. The molecular weight excluding hydrogens is 604 g/mol. The van der Waals surface area contributed by atoms with Crippen molar-refractivity contribution in [1.82, 2.24) is 50.0 Å². The maximum absolute atomic E-state index is 13.8. The molecule has 2 unspecified atom stereocenters. The molecule has 0 saturated carbocycles. The minimum absolute atomic E-state index is 0.0190. The van der Waals surface area contributed by atoms with E-state index in [1.165, 1.54) is 15.6 Å². The Morgan fingerprint density at radius 3 is 2.83 bits per heavy atom. The summed E-state index contributed by atoms with van der Waals surface area (Å²) in [7, 11) is -1.93. The molecule has 1 fully saturated rings. The van der Waals surface area contributed by atoms with Crippen molar-refractivity contribution in [3.05, 3.63) is 50.7 Å². The molecule has 2 aliphatic heterocycles. The lowest BCUT2D eigenvalue weighted by molar-refractivity contribution is -0.122. The average Bonchev–Trinajstić information content (AvgIpc) is 3.73. The molecule has 17 heteroatoms. The largest absolute Gasteiger partial charge is 0.349 e. The number of amides is 2. The number of benzene rings is 1. The van der Waals surface area contributed by atoms with Gasteiger partial charge in [-0.15, -0.1) is 21.5 Å². The van der Waals surface area contributed by atoms with Crippen LogP contribution >= 0.6 is 22.9 Å². The van der Waals surface area contributed by atoms with Crippen molar-refractivity contribution in [1.29, 1.82) is 0 Å². The lowest BCUT2D eigenvalue weighted by atomic mass is 10.1. The van der Waals surface area contributed by atoms with Gasteiger partial charge < -0.3 is 15.2 Å². The molecule has 5 heterocycles. The van der Waals surface area contributed by atoms with Gasteiger partial charge in [0.15, 0.2) is 10.8 Å². The molecule has 2 amide bonds. The molecule has 1 saturated heterocycles. The van der Waals surface area contributed by atoms with E-state index < -0.39 is 16.1 Å². The fourth-order valence-corrected chi connectivity index (χ4v) is 8.17. The van der Waals surface area contributed by atoms with Gasteiger partial charge >= 0.3 is 0 Å². The molecule has 1 aromatic carbocycles. The minimum Gasteiger partial charge on any atom is -0.349 e. The van der Waals surface area contributed by atoms with Crippen LogP contribution in [0.2, 0.25) is 5.02 Å². The zero-order valence-electron chi connectivity index (χ0n) is 22.9. The van der Waals surface area contributed by atoms with E-state index in [0.717, 1.165) is 23.5 Å². The molecule has 0 bridgehead atoms. The predicted octanol–water partition coefficient (Wildman–Crippen LogP) is 1.56. The minimum atomic E-state index is -3.97.